The van der Waals surface area contributed by atoms with E-state index in [0.29, 0.717) is 18.7 Å². The number of anilines is 1. The molecule has 0 radical (unpaired) electrons. The average molecular weight is 373 g/mol. The van der Waals surface area contributed by atoms with Gasteiger partial charge >= 0.3 is 0 Å². The lowest BCUT2D eigenvalue weighted by molar-refractivity contribution is -0.124. The van der Waals surface area contributed by atoms with Gasteiger partial charge in [-0.25, -0.2) is 0 Å². The van der Waals surface area contributed by atoms with Crippen molar-refractivity contribution in [3.8, 4) is 0 Å². The summed E-state index contributed by atoms with van der Waals surface area (Å²) in [4.78, 5) is 28.7. The summed E-state index contributed by atoms with van der Waals surface area (Å²) in [5, 5.41) is 0. The molecule has 2 aromatic carbocycles. The largest absolute Gasteiger partial charge is 0.325 e. The number of carbonyl (C=O) groups is 2. The molecule has 0 N–H and O–H groups in total. The molecule has 1 unspecified atom stereocenters. The standard InChI is InChI=1S/C18H17BrN2O2/c1-13-17(22)21(16-9-5-8-15(19)12-16)11-10-20(13)18(23)14-6-3-2-4-7-14/h2-9,12-13H,10-11H2,1H3. The van der Waals surface area contributed by atoms with Crippen LogP contribution in [-0.2, 0) is 4.79 Å². The molecule has 1 heterocycles. The Morgan fingerprint density at radius 3 is 2.52 bits per heavy atom. The summed E-state index contributed by atoms with van der Waals surface area (Å²) in [5.41, 5.74) is 1.46. The van der Waals surface area contributed by atoms with Crippen LogP contribution in [0.5, 0.6) is 0 Å². The zero-order valence-electron chi connectivity index (χ0n) is 12.8. The van der Waals surface area contributed by atoms with Gasteiger partial charge in [-0.15, -0.1) is 0 Å². The molecule has 1 fully saturated rings. The first-order chi connectivity index (χ1) is 11.1. The molecular weight excluding hydrogens is 356 g/mol. The second-order valence-corrected chi connectivity index (χ2v) is 6.43. The molecule has 2 amide bonds. The first-order valence-electron chi connectivity index (χ1n) is 7.51. The molecule has 0 saturated carbocycles. The van der Waals surface area contributed by atoms with E-state index in [1.807, 2.05) is 42.5 Å². The van der Waals surface area contributed by atoms with Gasteiger partial charge in [0.2, 0.25) is 5.91 Å². The summed E-state index contributed by atoms with van der Waals surface area (Å²) in [7, 11) is 0. The number of hydrogen-bond donors (Lipinski definition) is 0. The van der Waals surface area contributed by atoms with E-state index in [-0.39, 0.29) is 11.8 Å². The number of carbonyl (C=O) groups excluding carboxylic acids is 2. The number of hydrogen-bond acceptors (Lipinski definition) is 2. The Balaban J connectivity index is 1.80. The van der Waals surface area contributed by atoms with Crippen LogP contribution in [-0.4, -0.2) is 35.8 Å². The topological polar surface area (TPSA) is 40.6 Å². The third kappa shape index (κ3) is 3.15. The highest BCUT2D eigenvalue weighted by Crippen LogP contribution is 2.24. The summed E-state index contributed by atoms with van der Waals surface area (Å²) in [6, 6.07) is 16.3. The predicted molar refractivity (Wildman–Crippen MR) is 93.4 cm³/mol. The van der Waals surface area contributed by atoms with Crippen molar-refractivity contribution in [1.29, 1.82) is 0 Å². The molecule has 1 atom stereocenters. The highest BCUT2D eigenvalue weighted by atomic mass is 79.9. The number of nitrogens with zero attached hydrogens (tertiary/aromatic N) is 2. The van der Waals surface area contributed by atoms with Gasteiger partial charge in [-0.1, -0.05) is 40.2 Å². The van der Waals surface area contributed by atoms with Crippen LogP contribution < -0.4 is 4.90 Å². The van der Waals surface area contributed by atoms with Crippen LogP contribution >= 0.6 is 15.9 Å². The van der Waals surface area contributed by atoms with E-state index in [0.717, 1.165) is 10.2 Å². The highest BCUT2D eigenvalue weighted by molar-refractivity contribution is 9.10. The SMILES string of the molecule is CC1C(=O)N(c2cccc(Br)c2)CCN1C(=O)c1ccccc1. The van der Waals surface area contributed by atoms with E-state index < -0.39 is 6.04 Å². The van der Waals surface area contributed by atoms with E-state index in [2.05, 4.69) is 15.9 Å². The lowest BCUT2D eigenvalue weighted by Gasteiger charge is -2.39. The first kappa shape index (κ1) is 15.7. The quantitative estimate of drug-likeness (QED) is 0.810. The van der Waals surface area contributed by atoms with Crippen LogP contribution in [0, 0.1) is 0 Å². The van der Waals surface area contributed by atoms with Gasteiger partial charge in [-0.2, -0.15) is 0 Å². The first-order valence-corrected chi connectivity index (χ1v) is 8.30. The Hall–Kier alpha value is -2.14. The molecule has 1 aliphatic rings. The molecule has 0 aromatic heterocycles. The zero-order chi connectivity index (χ0) is 16.4. The summed E-state index contributed by atoms with van der Waals surface area (Å²) < 4.78 is 0.929. The maximum absolute atomic E-state index is 12.7. The summed E-state index contributed by atoms with van der Waals surface area (Å²) in [6.07, 6.45) is 0. The smallest absolute Gasteiger partial charge is 0.254 e. The Kier molecular flexibility index (Phi) is 4.48. The molecule has 3 rings (SSSR count). The number of benzene rings is 2. The molecule has 0 bridgehead atoms. The van der Waals surface area contributed by atoms with E-state index in [1.54, 1.807) is 28.9 Å². The minimum absolute atomic E-state index is 0.0568. The molecular formula is C18H17BrN2O2. The van der Waals surface area contributed by atoms with Crippen LogP contribution in [0.1, 0.15) is 17.3 Å². The van der Waals surface area contributed by atoms with Crippen LogP contribution in [0.2, 0.25) is 0 Å². The number of halogens is 1. The molecule has 1 saturated heterocycles. The fraction of sp³-hybridized carbons (Fsp3) is 0.222. The van der Waals surface area contributed by atoms with Gasteiger partial charge in [0.25, 0.3) is 5.91 Å². The highest BCUT2D eigenvalue weighted by Gasteiger charge is 2.35. The number of piperazine rings is 1. The van der Waals surface area contributed by atoms with Crippen molar-refractivity contribution in [2.24, 2.45) is 0 Å². The summed E-state index contributed by atoms with van der Waals surface area (Å²) in [6.45, 7) is 2.80. The Labute approximate surface area is 143 Å². The predicted octanol–water partition coefficient (Wildman–Crippen LogP) is 3.33. The van der Waals surface area contributed by atoms with E-state index in [1.165, 1.54) is 0 Å². The summed E-state index contributed by atoms with van der Waals surface area (Å²) in [5.74, 6) is -0.154. The molecule has 4 nitrogen and oxygen atoms in total. The molecule has 2 aromatic rings. The number of amides is 2. The van der Waals surface area contributed by atoms with Gasteiger partial charge < -0.3 is 9.80 Å². The van der Waals surface area contributed by atoms with Gasteiger partial charge in [0.05, 0.1) is 0 Å². The lowest BCUT2D eigenvalue weighted by Crippen LogP contribution is -2.57. The van der Waals surface area contributed by atoms with Crippen molar-refractivity contribution in [2.45, 2.75) is 13.0 Å². The van der Waals surface area contributed by atoms with Gasteiger partial charge in [-0.05, 0) is 37.3 Å². The average Bonchev–Trinajstić information content (AvgIpc) is 2.57. The minimum atomic E-state index is -0.476. The van der Waals surface area contributed by atoms with Crippen LogP contribution in [0.15, 0.2) is 59.1 Å². The molecule has 1 aliphatic heterocycles. The normalized spacial score (nSPS) is 18.2. The van der Waals surface area contributed by atoms with Gasteiger partial charge in [-0.3, -0.25) is 9.59 Å². The van der Waals surface area contributed by atoms with Crippen LogP contribution in [0.4, 0.5) is 5.69 Å². The van der Waals surface area contributed by atoms with Crippen molar-refractivity contribution in [3.05, 3.63) is 64.6 Å². The van der Waals surface area contributed by atoms with Gasteiger partial charge in [0.15, 0.2) is 0 Å². The Morgan fingerprint density at radius 1 is 1.09 bits per heavy atom. The van der Waals surface area contributed by atoms with E-state index >= 15 is 0 Å². The monoisotopic (exact) mass is 372 g/mol. The fourth-order valence-corrected chi connectivity index (χ4v) is 3.18. The van der Waals surface area contributed by atoms with E-state index in [9.17, 15) is 9.59 Å². The van der Waals surface area contributed by atoms with Crippen molar-refractivity contribution in [1.82, 2.24) is 4.90 Å². The maximum Gasteiger partial charge on any atom is 0.254 e. The van der Waals surface area contributed by atoms with Crippen LogP contribution in [0.25, 0.3) is 0 Å². The van der Waals surface area contributed by atoms with Crippen molar-refractivity contribution in [3.63, 3.8) is 0 Å². The molecule has 5 heteroatoms. The molecule has 23 heavy (non-hydrogen) atoms. The molecule has 0 aliphatic carbocycles. The maximum atomic E-state index is 12.7. The van der Waals surface area contributed by atoms with Gasteiger partial charge in [0.1, 0.15) is 6.04 Å². The lowest BCUT2D eigenvalue weighted by atomic mass is 10.1. The van der Waals surface area contributed by atoms with Crippen molar-refractivity contribution < 1.29 is 9.59 Å². The molecule has 0 spiro atoms. The van der Waals surface area contributed by atoms with Crippen molar-refractivity contribution >= 4 is 33.4 Å². The second kappa shape index (κ2) is 6.54. The number of rotatable bonds is 2. The van der Waals surface area contributed by atoms with E-state index in [4.69, 9.17) is 0 Å². The fourth-order valence-electron chi connectivity index (χ4n) is 2.79. The summed E-state index contributed by atoms with van der Waals surface area (Å²) >= 11 is 3.43. The van der Waals surface area contributed by atoms with Crippen LogP contribution in [0.3, 0.4) is 0 Å². The Morgan fingerprint density at radius 2 is 1.83 bits per heavy atom. The molecule has 118 valence electrons. The zero-order valence-corrected chi connectivity index (χ0v) is 14.4. The Bertz CT molecular complexity index is 733. The third-order valence-electron chi connectivity index (χ3n) is 4.06. The minimum Gasteiger partial charge on any atom is -0.325 e. The second-order valence-electron chi connectivity index (χ2n) is 5.51. The third-order valence-corrected chi connectivity index (χ3v) is 4.55. The van der Waals surface area contributed by atoms with Crippen molar-refractivity contribution in [2.75, 3.05) is 18.0 Å². The van der Waals surface area contributed by atoms with Gasteiger partial charge in [0, 0.05) is 28.8 Å².